The van der Waals surface area contributed by atoms with Gasteiger partial charge in [0, 0.05) is 36.3 Å². The Labute approximate surface area is 129 Å². The van der Waals surface area contributed by atoms with E-state index in [-0.39, 0.29) is 24.9 Å². The van der Waals surface area contributed by atoms with Gasteiger partial charge in [-0.15, -0.1) is 12.4 Å². The van der Waals surface area contributed by atoms with E-state index in [9.17, 15) is 4.79 Å². The van der Waals surface area contributed by atoms with Gasteiger partial charge in [0.25, 0.3) is 0 Å². The Morgan fingerprint density at radius 3 is 2.42 bits per heavy atom. The van der Waals surface area contributed by atoms with E-state index in [1.54, 1.807) is 25.2 Å². The Morgan fingerprint density at radius 2 is 1.95 bits per heavy atom. The molecule has 0 heterocycles. The largest absolute Gasteiger partial charge is 0.383 e. The minimum atomic E-state index is -0.679. The minimum absolute atomic E-state index is 0. The van der Waals surface area contributed by atoms with E-state index in [4.69, 9.17) is 33.7 Å². The lowest BCUT2D eigenvalue weighted by Crippen LogP contribution is -2.44. The zero-order valence-corrected chi connectivity index (χ0v) is 13.1. The number of hydrogen-bond donors (Lipinski definition) is 1. The van der Waals surface area contributed by atoms with Crippen LogP contribution in [0.5, 0.6) is 0 Å². The smallest absolute Gasteiger partial charge is 0.241 e. The second-order valence-electron chi connectivity index (χ2n) is 3.96. The summed E-state index contributed by atoms with van der Waals surface area (Å²) in [6.45, 7) is 0.494. The molecular weight excluding hydrogens is 311 g/mol. The van der Waals surface area contributed by atoms with Crippen molar-refractivity contribution in [2.45, 2.75) is 12.6 Å². The summed E-state index contributed by atoms with van der Waals surface area (Å²) >= 11 is 12.1. The summed E-state index contributed by atoms with van der Waals surface area (Å²) in [7, 11) is 3.15. The normalized spacial score (nSPS) is 11.6. The molecule has 2 N–H and O–H groups in total. The molecule has 0 aliphatic rings. The van der Waals surface area contributed by atoms with Gasteiger partial charge in [-0.2, -0.15) is 0 Å². The molecule has 1 rings (SSSR count). The zero-order chi connectivity index (χ0) is 13.7. The van der Waals surface area contributed by atoms with Crippen LogP contribution in [-0.4, -0.2) is 37.6 Å². The first kappa shape index (κ1) is 18.5. The Hall–Kier alpha value is -0.520. The van der Waals surface area contributed by atoms with Gasteiger partial charge in [-0.05, 0) is 12.1 Å². The minimum Gasteiger partial charge on any atom is -0.383 e. The SMILES string of the molecule is COCC(N)C(=O)N(C)Cc1c(Cl)cccc1Cl.Cl. The molecule has 4 nitrogen and oxygen atoms in total. The zero-order valence-electron chi connectivity index (χ0n) is 10.7. The number of likely N-dealkylation sites (N-methyl/N-ethyl adjacent to an activating group) is 1. The average Bonchev–Trinajstić information content (AvgIpc) is 2.33. The van der Waals surface area contributed by atoms with E-state index in [2.05, 4.69) is 0 Å². The third kappa shape index (κ3) is 5.16. The molecule has 1 aromatic carbocycles. The van der Waals surface area contributed by atoms with Gasteiger partial charge in [0.1, 0.15) is 6.04 Å². The first-order valence-electron chi connectivity index (χ1n) is 5.39. The highest BCUT2D eigenvalue weighted by Crippen LogP contribution is 2.25. The van der Waals surface area contributed by atoms with Crippen LogP contribution in [0.15, 0.2) is 18.2 Å². The number of amides is 1. The van der Waals surface area contributed by atoms with Crippen LogP contribution >= 0.6 is 35.6 Å². The van der Waals surface area contributed by atoms with E-state index in [0.717, 1.165) is 0 Å². The molecule has 0 fully saturated rings. The van der Waals surface area contributed by atoms with Gasteiger partial charge >= 0.3 is 0 Å². The van der Waals surface area contributed by atoms with Crippen LogP contribution in [-0.2, 0) is 16.1 Å². The van der Waals surface area contributed by atoms with Crippen LogP contribution < -0.4 is 5.73 Å². The lowest BCUT2D eigenvalue weighted by Gasteiger charge is -2.22. The molecule has 0 bridgehead atoms. The molecule has 19 heavy (non-hydrogen) atoms. The number of methoxy groups -OCH3 is 1. The molecule has 0 aliphatic heterocycles. The van der Waals surface area contributed by atoms with Crippen molar-refractivity contribution in [3.8, 4) is 0 Å². The van der Waals surface area contributed by atoms with Crippen molar-refractivity contribution in [3.63, 3.8) is 0 Å². The monoisotopic (exact) mass is 326 g/mol. The van der Waals surface area contributed by atoms with Gasteiger partial charge in [-0.1, -0.05) is 29.3 Å². The second kappa shape index (κ2) is 8.61. The molecule has 0 radical (unpaired) electrons. The fraction of sp³-hybridized carbons (Fsp3) is 0.417. The van der Waals surface area contributed by atoms with E-state index >= 15 is 0 Å². The van der Waals surface area contributed by atoms with Gasteiger partial charge in [0.05, 0.1) is 6.61 Å². The van der Waals surface area contributed by atoms with Crippen LogP contribution in [0.4, 0.5) is 0 Å². The second-order valence-corrected chi connectivity index (χ2v) is 4.77. The molecule has 0 saturated heterocycles. The quantitative estimate of drug-likeness (QED) is 0.903. The standard InChI is InChI=1S/C12H16Cl2N2O2.ClH/c1-16(12(17)11(15)7-18-2)6-8-9(13)4-3-5-10(8)14;/h3-5,11H,6-7,15H2,1-2H3;1H. The van der Waals surface area contributed by atoms with Crippen LogP contribution in [0, 0.1) is 0 Å². The maximum Gasteiger partial charge on any atom is 0.241 e. The molecule has 1 atom stereocenters. The third-order valence-electron chi connectivity index (χ3n) is 2.50. The Bertz CT molecular complexity index is 409. The number of halogens is 3. The number of benzene rings is 1. The van der Waals surface area contributed by atoms with Crippen LogP contribution in [0.2, 0.25) is 10.0 Å². The molecule has 7 heteroatoms. The highest BCUT2D eigenvalue weighted by atomic mass is 35.5. The molecule has 1 aromatic rings. The molecular formula is C12H17Cl3N2O2. The molecule has 0 spiro atoms. The van der Waals surface area contributed by atoms with Gasteiger partial charge in [0.2, 0.25) is 5.91 Å². The topological polar surface area (TPSA) is 55.6 Å². The van der Waals surface area contributed by atoms with Crippen molar-refractivity contribution in [3.05, 3.63) is 33.8 Å². The van der Waals surface area contributed by atoms with Crippen molar-refractivity contribution in [2.75, 3.05) is 20.8 Å². The molecule has 0 saturated carbocycles. The van der Waals surface area contributed by atoms with Gasteiger partial charge in [0.15, 0.2) is 0 Å². The third-order valence-corrected chi connectivity index (χ3v) is 3.20. The van der Waals surface area contributed by atoms with Crippen molar-refractivity contribution < 1.29 is 9.53 Å². The summed E-state index contributed by atoms with van der Waals surface area (Å²) in [5.41, 5.74) is 6.39. The Balaban J connectivity index is 0.00000324. The predicted molar refractivity (Wildman–Crippen MR) is 80.0 cm³/mol. The highest BCUT2D eigenvalue weighted by Gasteiger charge is 2.19. The first-order valence-corrected chi connectivity index (χ1v) is 6.15. The number of nitrogens with two attached hydrogens (primary N) is 1. The van der Waals surface area contributed by atoms with Gasteiger partial charge < -0.3 is 15.4 Å². The summed E-state index contributed by atoms with van der Waals surface area (Å²) in [6, 6.07) is 4.54. The summed E-state index contributed by atoms with van der Waals surface area (Å²) < 4.78 is 4.85. The molecule has 0 aromatic heterocycles. The number of rotatable bonds is 5. The van der Waals surface area contributed by atoms with E-state index in [1.165, 1.54) is 12.0 Å². The van der Waals surface area contributed by atoms with Crippen molar-refractivity contribution in [1.29, 1.82) is 0 Å². The van der Waals surface area contributed by atoms with Gasteiger partial charge in [-0.3, -0.25) is 4.79 Å². The van der Waals surface area contributed by atoms with Gasteiger partial charge in [-0.25, -0.2) is 0 Å². The molecule has 1 unspecified atom stereocenters. The Morgan fingerprint density at radius 1 is 1.42 bits per heavy atom. The first-order chi connectivity index (χ1) is 8.47. The molecule has 108 valence electrons. The van der Waals surface area contributed by atoms with Crippen LogP contribution in [0.25, 0.3) is 0 Å². The maximum atomic E-state index is 11.9. The van der Waals surface area contributed by atoms with Crippen LogP contribution in [0.3, 0.4) is 0 Å². The van der Waals surface area contributed by atoms with E-state index in [1.807, 2.05) is 0 Å². The highest BCUT2D eigenvalue weighted by molar-refractivity contribution is 6.36. The lowest BCUT2D eigenvalue weighted by atomic mass is 10.2. The fourth-order valence-corrected chi connectivity index (χ4v) is 2.05. The number of hydrogen-bond acceptors (Lipinski definition) is 3. The number of ether oxygens (including phenoxy) is 1. The fourth-order valence-electron chi connectivity index (χ4n) is 1.53. The Kier molecular flexibility index (Phi) is 8.38. The summed E-state index contributed by atoms with van der Waals surface area (Å²) in [5, 5.41) is 1.06. The average molecular weight is 328 g/mol. The summed E-state index contributed by atoms with van der Waals surface area (Å²) in [6.07, 6.45) is 0. The summed E-state index contributed by atoms with van der Waals surface area (Å²) in [5.74, 6) is -0.215. The van der Waals surface area contributed by atoms with Crippen molar-refractivity contribution >= 4 is 41.5 Å². The van der Waals surface area contributed by atoms with E-state index < -0.39 is 6.04 Å². The van der Waals surface area contributed by atoms with Crippen molar-refractivity contribution in [1.82, 2.24) is 4.90 Å². The number of carbonyl (C=O) groups is 1. The van der Waals surface area contributed by atoms with Crippen LogP contribution in [0.1, 0.15) is 5.56 Å². The van der Waals surface area contributed by atoms with Crippen molar-refractivity contribution in [2.24, 2.45) is 5.73 Å². The van der Waals surface area contributed by atoms with E-state index in [0.29, 0.717) is 22.2 Å². The predicted octanol–water partition coefficient (Wildman–Crippen LogP) is 2.35. The maximum absolute atomic E-state index is 11.9. The molecule has 0 aliphatic carbocycles. The molecule has 1 amide bonds. The summed E-state index contributed by atoms with van der Waals surface area (Å²) in [4.78, 5) is 13.4. The lowest BCUT2D eigenvalue weighted by molar-refractivity contribution is -0.132. The number of nitrogens with zero attached hydrogens (tertiary/aromatic N) is 1. The number of carbonyl (C=O) groups excluding carboxylic acids is 1.